The van der Waals surface area contributed by atoms with Gasteiger partial charge in [-0.3, -0.25) is 4.79 Å². The highest BCUT2D eigenvalue weighted by molar-refractivity contribution is 6.00. The Hall–Kier alpha value is -2.86. The van der Waals surface area contributed by atoms with Crippen LogP contribution in [0.25, 0.3) is 0 Å². The zero-order chi connectivity index (χ0) is 18.5. The Balaban J connectivity index is 1.56. The van der Waals surface area contributed by atoms with Crippen molar-refractivity contribution < 1.29 is 9.59 Å². The first kappa shape index (κ1) is 17.9. The smallest absolute Gasteiger partial charge is 0.323 e. The highest BCUT2D eigenvalue weighted by Gasteiger charge is 2.20. The van der Waals surface area contributed by atoms with Gasteiger partial charge in [-0.1, -0.05) is 17.7 Å². The van der Waals surface area contributed by atoms with Crippen molar-refractivity contribution in [2.75, 3.05) is 43.9 Å². The van der Waals surface area contributed by atoms with E-state index < -0.39 is 0 Å². The summed E-state index contributed by atoms with van der Waals surface area (Å²) in [5.41, 5.74) is 3.15. The molecule has 1 heterocycles. The highest BCUT2D eigenvalue weighted by Crippen LogP contribution is 2.14. The van der Waals surface area contributed by atoms with Crippen LogP contribution in [0.15, 0.2) is 48.5 Å². The normalized spacial score (nSPS) is 14.8. The third kappa shape index (κ3) is 4.61. The number of nitrogens with zero attached hydrogens (tertiary/aromatic N) is 2. The summed E-state index contributed by atoms with van der Waals surface area (Å²) in [6.45, 7) is 5.27. The van der Waals surface area contributed by atoms with Gasteiger partial charge in [-0.05, 0) is 50.4 Å². The highest BCUT2D eigenvalue weighted by atomic mass is 16.2. The van der Waals surface area contributed by atoms with Gasteiger partial charge in [0.15, 0.2) is 0 Å². The second kappa shape index (κ2) is 8.01. The maximum Gasteiger partial charge on any atom is 0.323 e. The number of carbonyl (C=O) groups excluding carboxylic acids is 2. The Morgan fingerprint density at radius 1 is 0.808 bits per heavy atom. The van der Waals surface area contributed by atoms with Crippen molar-refractivity contribution in [3.63, 3.8) is 0 Å². The zero-order valence-electron chi connectivity index (χ0n) is 15.2. The SMILES string of the molecule is Cc1ccc(NC(=O)Nc2ccc(C(=O)N3CCN(C)CC3)cc2)cc1. The summed E-state index contributed by atoms with van der Waals surface area (Å²) in [6.07, 6.45) is 0. The number of hydrogen-bond acceptors (Lipinski definition) is 3. The first-order valence-corrected chi connectivity index (χ1v) is 8.74. The van der Waals surface area contributed by atoms with Gasteiger partial charge in [-0.15, -0.1) is 0 Å². The molecule has 136 valence electrons. The van der Waals surface area contributed by atoms with E-state index in [9.17, 15) is 9.59 Å². The van der Waals surface area contributed by atoms with E-state index in [0.717, 1.165) is 37.4 Å². The van der Waals surface area contributed by atoms with Crippen molar-refractivity contribution in [1.29, 1.82) is 0 Å². The maximum absolute atomic E-state index is 12.5. The van der Waals surface area contributed by atoms with Crippen LogP contribution in [0.2, 0.25) is 0 Å². The fourth-order valence-corrected chi connectivity index (χ4v) is 2.82. The number of nitrogens with one attached hydrogen (secondary N) is 2. The number of likely N-dealkylation sites (N-methyl/N-ethyl adjacent to an activating group) is 1. The molecule has 1 aliphatic heterocycles. The summed E-state index contributed by atoms with van der Waals surface area (Å²) < 4.78 is 0. The van der Waals surface area contributed by atoms with Crippen molar-refractivity contribution in [3.05, 3.63) is 59.7 Å². The average Bonchev–Trinajstić information content (AvgIpc) is 2.64. The fraction of sp³-hybridized carbons (Fsp3) is 0.300. The van der Waals surface area contributed by atoms with E-state index in [1.54, 1.807) is 24.3 Å². The Bertz CT molecular complexity index is 763. The van der Waals surface area contributed by atoms with E-state index in [1.165, 1.54) is 0 Å². The summed E-state index contributed by atoms with van der Waals surface area (Å²) in [7, 11) is 2.06. The molecule has 1 aliphatic rings. The van der Waals surface area contributed by atoms with Gasteiger partial charge >= 0.3 is 6.03 Å². The van der Waals surface area contributed by atoms with Gasteiger partial charge in [0, 0.05) is 43.1 Å². The zero-order valence-corrected chi connectivity index (χ0v) is 15.2. The molecule has 0 saturated carbocycles. The van der Waals surface area contributed by atoms with Gasteiger partial charge in [0.1, 0.15) is 0 Å². The summed E-state index contributed by atoms with van der Waals surface area (Å²) >= 11 is 0. The van der Waals surface area contributed by atoms with Crippen molar-refractivity contribution in [1.82, 2.24) is 9.80 Å². The van der Waals surface area contributed by atoms with Crippen LogP contribution >= 0.6 is 0 Å². The molecule has 2 aromatic carbocycles. The van der Waals surface area contributed by atoms with Crippen LogP contribution in [-0.4, -0.2) is 55.0 Å². The van der Waals surface area contributed by atoms with Crippen LogP contribution in [-0.2, 0) is 0 Å². The van der Waals surface area contributed by atoms with Gasteiger partial charge in [0.05, 0.1) is 0 Å². The molecular weight excluding hydrogens is 328 g/mol. The van der Waals surface area contributed by atoms with Crippen molar-refractivity contribution in [2.24, 2.45) is 0 Å². The molecule has 0 radical (unpaired) electrons. The summed E-state index contributed by atoms with van der Waals surface area (Å²) in [4.78, 5) is 28.7. The Labute approximate surface area is 153 Å². The Morgan fingerprint density at radius 2 is 1.31 bits per heavy atom. The van der Waals surface area contributed by atoms with Gasteiger partial charge < -0.3 is 20.4 Å². The van der Waals surface area contributed by atoms with Gasteiger partial charge in [-0.2, -0.15) is 0 Å². The molecule has 3 amide bonds. The number of amides is 3. The molecule has 0 spiro atoms. The van der Waals surface area contributed by atoms with E-state index in [1.807, 2.05) is 36.1 Å². The second-order valence-electron chi connectivity index (χ2n) is 6.62. The number of piperazine rings is 1. The summed E-state index contributed by atoms with van der Waals surface area (Å²) in [6, 6.07) is 14.3. The van der Waals surface area contributed by atoms with Crippen molar-refractivity contribution in [3.8, 4) is 0 Å². The molecule has 0 bridgehead atoms. The van der Waals surface area contributed by atoms with Gasteiger partial charge in [-0.25, -0.2) is 4.79 Å². The largest absolute Gasteiger partial charge is 0.336 e. The number of rotatable bonds is 3. The van der Waals surface area contributed by atoms with Crippen LogP contribution in [0.3, 0.4) is 0 Å². The first-order valence-electron chi connectivity index (χ1n) is 8.74. The minimum Gasteiger partial charge on any atom is -0.336 e. The van der Waals surface area contributed by atoms with E-state index >= 15 is 0 Å². The molecule has 26 heavy (non-hydrogen) atoms. The third-order valence-electron chi connectivity index (χ3n) is 4.49. The molecule has 0 atom stereocenters. The van der Waals surface area contributed by atoms with Gasteiger partial charge in [0.2, 0.25) is 0 Å². The van der Waals surface area contributed by atoms with Gasteiger partial charge in [0.25, 0.3) is 5.91 Å². The van der Waals surface area contributed by atoms with Crippen LogP contribution < -0.4 is 10.6 Å². The predicted molar refractivity (Wildman–Crippen MR) is 104 cm³/mol. The Kier molecular flexibility index (Phi) is 5.53. The third-order valence-corrected chi connectivity index (χ3v) is 4.49. The van der Waals surface area contributed by atoms with E-state index in [2.05, 4.69) is 22.6 Å². The van der Waals surface area contributed by atoms with Crippen LogP contribution in [0.5, 0.6) is 0 Å². The summed E-state index contributed by atoms with van der Waals surface area (Å²) in [5, 5.41) is 5.56. The lowest BCUT2D eigenvalue weighted by Gasteiger charge is -2.32. The van der Waals surface area contributed by atoms with E-state index in [0.29, 0.717) is 11.3 Å². The lowest BCUT2D eigenvalue weighted by molar-refractivity contribution is 0.0664. The second-order valence-corrected chi connectivity index (χ2v) is 6.62. The Morgan fingerprint density at radius 3 is 1.85 bits per heavy atom. The first-order chi connectivity index (χ1) is 12.5. The van der Waals surface area contributed by atoms with Crippen LogP contribution in [0.1, 0.15) is 15.9 Å². The number of anilines is 2. The van der Waals surface area contributed by atoms with E-state index in [4.69, 9.17) is 0 Å². The lowest BCUT2D eigenvalue weighted by Crippen LogP contribution is -2.47. The molecule has 2 aromatic rings. The predicted octanol–water partition coefficient (Wildman–Crippen LogP) is 3.03. The van der Waals surface area contributed by atoms with Crippen molar-refractivity contribution >= 4 is 23.3 Å². The van der Waals surface area contributed by atoms with Crippen LogP contribution in [0, 0.1) is 6.92 Å². The number of benzene rings is 2. The molecule has 1 saturated heterocycles. The minimum atomic E-state index is -0.313. The number of hydrogen-bond donors (Lipinski definition) is 2. The fourth-order valence-electron chi connectivity index (χ4n) is 2.82. The quantitative estimate of drug-likeness (QED) is 0.892. The average molecular weight is 352 g/mol. The number of aryl methyl sites for hydroxylation is 1. The molecule has 2 N–H and O–H groups in total. The molecule has 1 fully saturated rings. The van der Waals surface area contributed by atoms with Crippen LogP contribution in [0.4, 0.5) is 16.2 Å². The molecule has 3 rings (SSSR count). The molecular formula is C20H24N4O2. The molecule has 0 unspecified atom stereocenters. The topological polar surface area (TPSA) is 64.7 Å². The molecule has 0 aliphatic carbocycles. The maximum atomic E-state index is 12.5. The number of urea groups is 1. The summed E-state index contributed by atoms with van der Waals surface area (Å²) in [5.74, 6) is 0.0359. The van der Waals surface area contributed by atoms with E-state index in [-0.39, 0.29) is 11.9 Å². The lowest BCUT2D eigenvalue weighted by atomic mass is 10.1. The number of carbonyl (C=O) groups is 2. The standard InChI is InChI=1S/C20H24N4O2/c1-15-3-7-17(8-4-15)21-20(26)22-18-9-5-16(6-10-18)19(25)24-13-11-23(2)12-14-24/h3-10H,11-14H2,1-2H3,(H2,21,22,26). The molecule has 0 aromatic heterocycles. The van der Waals surface area contributed by atoms with Crippen molar-refractivity contribution in [2.45, 2.75) is 6.92 Å². The monoisotopic (exact) mass is 352 g/mol. The minimum absolute atomic E-state index is 0.0359. The molecule has 6 nitrogen and oxygen atoms in total. The molecule has 6 heteroatoms.